The Balaban J connectivity index is 2.29. The quantitative estimate of drug-likeness (QED) is 0.388. The number of ketones is 1. The van der Waals surface area contributed by atoms with Gasteiger partial charge in [0.25, 0.3) is 0 Å². The molecule has 2 unspecified atom stereocenters. The topological polar surface area (TPSA) is 60.4 Å². The van der Waals surface area contributed by atoms with Gasteiger partial charge in [0.1, 0.15) is 5.25 Å². The average molecular weight is 475 g/mol. The summed E-state index contributed by atoms with van der Waals surface area (Å²) < 4.78 is 33.5. The van der Waals surface area contributed by atoms with E-state index >= 15 is 0 Å². The largest absolute Gasteiger partial charge is 0.414 e. The molecular weight excluding hydrogens is 436 g/mol. The first-order valence-corrected chi connectivity index (χ1v) is 15.7. The Labute approximate surface area is 195 Å². The zero-order valence-electron chi connectivity index (χ0n) is 20.5. The van der Waals surface area contributed by atoms with Gasteiger partial charge in [0.15, 0.2) is 23.9 Å². The van der Waals surface area contributed by atoms with Gasteiger partial charge in [-0.05, 0) is 62.5 Å². The Hall–Kier alpha value is -1.76. The molecule has 0 saturated carbocycles. The van der Waals surface area contributed by atoms with E-state index in [1.165, 1.54) is 0 Å². The predicted molar refractivity (Wildman–Crippen MR) is 134 cm³/mol. The van der Waals surface area contributed by atoms with Crippen molar-refractivity contribution in [3.8, 4) is 0 Å². The maximum absolute atomic E-state index is 13.5. The van der Waals surface area contributed by atoms with E-state index in [0.717, 1.165) is 11.1 Å². The lowest BCUT2D eigenvalue weighted by molar-refractivity contribution is -0.119. The van der Waals surface area contributed by atoms with E-state index in [2.05, 4.69) is 33.9 Å². The van der Waals surface area contributed by atoms with Gasteiger partial charge in [-0.25, -0.2) is 8.42 Å². The molecule has 0 spiro atoms. The van der Waals surface area contributed by atoms with Crippen LogP contribution < -0.4 is 0 Å². The van der Waals surface area contributed by atoms with E-state index in [1.807, 2.05) is 44.2 Å². The van der Waals surface area contributed by atoms with Crippen molar-refractivity contribution >= 4 is 23.9 Å². The van der Waals surface area contributed by atoms with Gasteiger partial charge in [0.05, 0.1) is 4.90 Å². The highest BCUT2D eigenvalue weighted by Gasteiger charge is 2.41. The molecule has 0 bridgehead atoms. The standard InChI is InChI=1S/C26H38O4SSi/c1-20-13-16-23(17-14-20)31(28,29)25(19-21(2)30-32(6,7)26(3,4)5)24(27)18-15-22-11-9-8-10-12-22/h8-14,16-17,21,25H,15,18-19H2,1-7H3. The molecule has 0 N–H and O–H groups in total. The number of rotatable bonds is 10. The summed E-state index contributed by atoms with van der Waals surface area (Å²) in [5.74, 6) is -0.250. The van der Waals surface area contributed by atoms with Crippen LogP contribution in [0.15, 0.2) is 59.5 Å². The summed E-state index contributed by atoms with van der Waals surface area (Å²) in [5, 5.41) is -1.11. The second kappa shape index (κ2) is 10.4. The van der Waals surface area contributed by atoms with Crippen LogP contribution in [0.25, 0.3) is 0 Å². The Morgan fingerprint density at radius 1 is 1.00 bits per heavy atom. The fourth-order valence-corrected chi connectivity index (χ4v) is 6.71. The number of hydrogen-bond acceptors (Lipinski definition) is 4. The van der Waals surface area contributed by atoms with Crippen molar-refractivity contribution < 1.29 is 17.6 Å². The maximum Gasteiger partial charge on any atom is 0.192 e. The number of aryl methyl sites for hydroxylation is 2. The third kappa shape index (κ3) is 6.87. The molecule has 2 rings (SSSR count). The molecular formula is C26H38O4SSi. The van der Waals surface area contributed by atoms with Gasteiger partial charge in [-0.15, -0.1) is 0 Å². The van der Waals surface area contributed by atoms with E-state index in [0.29, 0.717) is 6.42 Å². The minimum absolute atomic E-state index is 0.00388. The molecule has 2 atom stereocenters. The van der Waals surface area contributed by atoms with Gasteiger partial charge < -0.3 is 4.43 Å². The molecule has 0 radical (unpaired) electrons. The first-order valence-electron chi connectivity index (χ1n) is 11.3. The van der Waals surface area contributed by atoms with Crippen molar-refractivity contribution in [1.29, 1.82) is 0 Å². The molecule has 0 aliphatic carbocycles. The summed E-state index contributed by atoms with van der Waals surface area (Å²) in [4.78, 5) is 13.5. The summed E-state index contributed by atoms with van der Waals surface area (Å²) >= 11 is 0. The number of hydrogen-bond donors (Lipinski definition) is 0. The molecule has 176 valence electrons. The van der Waals surface area contributed by atoms with Crippen LogP contribution in [-0.2, 0) is 25.5 Å². The molecule has 2 aromatic rings. The van der Waals surface area contributed by atoms with Crippen molar-refractivity contribution in [2.24, 2.45) is 0 Å². The highest BCUT2D eigenvalue weighted by atomic mass is 32.2. The Bertz CT molecular complexity index is 990. The average Bonchev–Trinajstić information content (AvgIpc) is 2.70. The highest BCUT2D eigenvalue weighted by Crippen LogP contribution is 2.38. The van der Waals surface area contributed by atoms with Crippen molar-refractivity contribution in [2.45, 2.75) is 88.3 Å². The highest BCUT2D eigenvalue weighted by molar-refractivity contribution is 7.92. The third-order valence-corrected chi connectivity index (χ3v) is 13.2. The number of benzene rings is 2. The summed E-state index contributed by atoms with van der Waals surface area (Å²) in [6.45, 7) is 14.5. The van der Waals surface area contributed by atoms with Gasteiger partial charge in [-0.2, -0.15) is 0 Å². The normalized spacial score (nSPS) is 14.7. The van der Waals surface area contributed by atoms with E-state index in [9.17, 15) is 13.2 Å². The number of sulfone groups is 1. The molecule has 2 aromatic carbocycles. The third-order valence-electron chi connectivity index (χ3n) is 6.43. The smallest absolute Gasteiger partial charge is 0.192 e. The maximum atomic E-state index is 13.5. The summed E-state index contributed by atoms with van der Waals surface area (Å²) in [6.07, 6.45) is 0.543. The van der Waals surface area contributed by atoms with E-state index in [-0.39, 0.29) is 34.7 Å². The molecule has 0 aliphatic rings. The zero-order valence-corrected chi connectivity index (χ0v) is 22.3. The molecule has 0 fully saturated rings. The fraction of sp³-hybridized carbons (Fsp3) is 0.500. The molecule has 0 amide bonds. The SMILES string of the molecule is Cc1ccc(S(=O)(=O)C(CC(C)O[Si](C)(C)C(C)(C)C)C(=O)CCc2ccccc2)cc1. The van der Waals surface area contributed by atoms with Crippen LogP contribution in [-0.4, -0.2) is 33.9 Å². The molecule has 0 saturated heterocycles. The second-order valence-electron chi connectivity index (χ2n) is 10.2. The number of Topliss-reactive ketones (excluding diaryl/α,β-unsaturated/α-hetero) is 1. The molecule has 0 heterocycles. The molecule has 6 heteroatoms. The molecule has 0 aliphatic heterocycles. The van der Waals surface area contributed by atoms with E-state index in [1.54, 1.807) is 24.3 Å². The van der Waals surface area contributed by atoms with Crippen LogP contribution in [0.4, 0.5) is 0 Å². The Morgan fingerprint density at radius 3 is 2.09 bits per heavy atom. The summed E-state index contributed by atoms with van der Waals surface area (Å²) in [5.41, 5.74) is 2.00. The summed E-state index contributed by atoms with van der Waals surface area (Å²) in [6, 6.07) is 16.4. The van der Waals surface area contributed by atoms with Gasteiger partial charge in [-0.1, -0.05) is 68.8 Å². The zero-order chi connectivity index (χ0) is 24.2. The minimum Gasteiger partial charge on any atom is -0.414 e. The van der Waals surface area contributed by atoms with Crippen molar-refractivity contribution in [1.82, 2.24) is 0 Å². The van der Waals surface area contributed by atoms with Gasteiger partial charge in [0, 0.05) is 12.5 Å². The lowest BCUT2D eigenvalue weighted by Gasteiger charge is -2.39. The van der Waals surface area contributed by atoms with Crippen molar-refractivity contribution in [2.75, 3.05) is 0 Å². The lowest BCUT2D eigenvalue weighted by atomic mass is 10.0. The number of carbonyl (C=O) groups is 1. The molecule has 0 aromatic heterocycles. The Kier molecular flexibility index (Phi) is 8.65. The van der Waals surface area contributed by atoms with Crippen LogP contribution in [0.2, 0.25) is 18.1 Å². The molecule has 32 heavy (non-hydrogen) atoms. The van der Waals surface area contributed by atoms with Crippen molar-refractivity contribution in [3.63, 3.8) is 0 Å². The van der Waals surface area contributed by atoms with Crippen LogP contribution in [0.5, 0.6) is 0 Å². The van der Waals surface area contributed by atoms with Gasteiger partial charge in [0.2, 0.25) is 0 Å². The minimum atomic E-state index is -3.82. The van der Waals surface area contributed by atoms with Crippen LogP contribution in [0.1, 0.15) is 51.7 Å². The lowest BCUT2D eigenvalue weighted by Crippen LogP contribution is -2.45. The fourth-order valence-electron chi connectivity index (χ4n) is 3.43. The van der Waals surface area contributed by atoms with E-state index in [4.69, 9.17) is 4.43 Å². The molecule has 4 nitrogen and oxygen atoms in total. The van der Waals surface area contributed by atoms with Crippen LogP contribution in [0.3, 0.4) is 0 Å². The van der Waals surface area contributed by atoms with E-state index < -0.39 is 23.4 Å². The Morgan fingerprint density at radius 2 is 1.56 bits per heavy atom. The monoisotopic (exact) mass is 474 g/mol. The van der Waals surface area contributed by atoms with Crippen LogP contribution in [0, 0.1) is 6.92 Å². The van der Waals surface area contributed by atoms with Crippen LogP contribution >= 0.6 is 0 Å². The first kappa shape index (κ1) is 26.5. The van der Waals surface area contributed by atoms with Crippen molar-refractivity contribution in [3.05, 3.63) is 65.7 Å². The van der Waals surface area contributed by atoms with Gasteiger partial charge in [-0.3, -0.25) is 4.79 Å². The summed E-state index contributed by atoms with van der Waals surface area (Å²) in [7, 11) is -5.91. The number of carbonyl (C=O) groups excluding carboxylic acids is 1. The predicted octanol–water partition coefficient (Wildman–Crippen LogP) is 6.14. The first-order chi connectivity index (χ1) is 14.7. The van der Waals surface area contributed by atoms with Gasteiger partial charge >= 0.3 is 0 Å². The second-order valence-corrected chi connectivity index (χ2v) is 17.1.